The van der Waals surface area contributed by atoms with Crippen LogP contribution in [0.4, 0.5) is 13.2 Å². The molecule has 0 unspecified atom stereocenters. The lowest BCUT2D eigenvalue weighted by Crippen LogP contribution is -2.08. The van der Waals surface area contributed by atoms with Crippen molar-refractivity contribution in [1.29, 1.82) is 0 Å². The first-order chi connectivity index (χ1) is 15.0. The van der Waals surface area contributed by atoms with Crippen LogP contribution in [-0.4, -0.2) is 35.7 Å². The molecule has 0 saturated heterocycles. The zero-order chi connectivity index (χ0) is 21.5. The minimum absolute atomic E-state index is 0.178. The van der Waals surface area contributed by atoms with Crippen LogP contribution in [0.25, 0.3) is 33.5 Å². The Balaban J connectivity index is 1.64. The van der Waals surface area contributed by atoms with Crippen molar-refractivity contribution >= 4 is 22.2 Å². The van der Waals surface area contributed by atoms with Gasteiger partial charge in [0.15, 0.2) is 5.65 Å². The zero-order valence-electron chi connectivity index (χ0n) is 16.2. The molecule has 31 heavy (non-hydrogen) atoms. The van der Waals surface area contributed by atoms with Gasteiger partial charge in [0.1, 0.15) is 34.8 Å². The molecule has 5 rings (SSSR count). The van der Waals surface area contributed by atoms with Crippen LogP contribution < -0.4 is 4.74 Å². The highest BCUT2D eigenvalue weighted by atomic mass is 19.3. The molecular formula is C21H15F3N6O. The van der Waals surface area contributed by atoms with E-state index in [0.717, 1.165) is 16.9 Å². The van der Waals surface area contributed by atoms with Crippen molar-refractivity contribution < 1.29 is 17.9 Å². The third-order valence-corrected chi connectivity index (χ3v) is 4.80. The molecule has 1 aromatic carbocycles. The molecule has 0 bridgehead atoms. The molecule has 0 aliphatic carbocycles. The van der Waals surface area contributed by atoms with E-state index in [9.17, 15) is 13.2 Å². The van der Waals surface area contributed by atoms with Gasteiger partial charge in [0.2, 0.25) is 0 Å². The molecule has 0 aliphatic rings. The third-order valence-electron chi connectivity index (χ3n) is 4.80. The Labute approximate surface area is 173 Å². The van der Waals surface area contributed by atoms with E-state index in [2.05, 4.69) is 20.1 Å². The van der Waals surface area contributed by atoms with Crippen molar-refractivity contribution in [2.45, 2.75) is 13.0 Å². The van der Waals surface area contributed by atoms with E-state index >= 15 is 0 Å². The van der Waals surface area contributed by atoms with Crippen molar-refractivity contribution in [3.63, 3.8) is 0 Å². The summed E-state index contributed by atoms with van der Waals surface area (Å²) in [6.45, 7) is -0.679. The van der Waals surface area contributed by atoms with Gasteiger partial charge in [-0.2, -0.15) is 10.1 Å². The van der Waals surface area contributed by atoms with Crippen molar-refractivity contribution in [1.82, 2.24) is 29.3 Å². The van der Waals surface area contributed by atoms with Crippen LogP contribution in [0, 0.1) is 5.82 Å². The Morgan fingerprint density at radius 3 is 2.74 bits per heavy atom. The second-order valence-electron chi connectivity index (χ2n) is 6.84. The predicted molar refractivity (Wildman–Crippen MR) is 108 cm³/mol. The maximum atomic E-state index is 13.7. The summed E-state index contributed by atoms with van der Waals surface area (Å²) in [5.41, 5.74) is 2.62. The molecule has 156 valence electrons. The molecule has 0 N–H and O–H groups in total. The number of hydrogen-bond acceptors (Lipinski definition) is 5. The maximum absolute atomic E-state index is 13.7. The standard InChI is InChI=1S/C21H15F3N6O/c1-29-20-14(6-4-8-25-20)27-21(29)31-16-7-3-2-5-13(16)18-19-15(9-12(22)10-26-19)30(28-18)11-17(23)24/h2-10,17H,11H2,1H3. The first-order valence-corrected chi connectivity index (χ1v) is 9.36. The molecule has 0 saturated carbocycles. The average molecular weight is 424 g/mol. The van der Waals surface area contributed by atoms with Gasteiger partial charge in [-0.3, -0.25) is 9.25 Å². The lowest BCUT2D eigenvalue weighted by Gasteiger charge is -2.09. The molecule has 7 nitrogen and oxygen atoms in total. The van der Waals surface area contributed by atoms with Gasteiger partial charge < -0.3 is 4.74 Å². The van der Waals surface area contributed by atoms with E-state index in [1.54, 1.807) is 48.1 Å². The fourth-order valence-electron chi connectivity index (χ4n) is 3.42. The van der Waals surface area contributed by atoms with E-state index in [1.807, 2.05) is 6.07 Å². The van der Waals surface area contributed by atoms with Gasteiger partial charge in [-0.05, 0) is 24.3 Å². The lowest BCUT2D eigenvalue weighted by atomic mass is 10.1. The SMILES string of the molecule is Cn1c(Oc2ccccc2-c2nn(CC(F)F)c3cc(F)cnc23)nc2cccnc21. The number of pyridine rings is 2. The Bertz CT molecular complexity index is 1410. The number of imidazole rings is 1. The summed E-state index contributed by atoms with van der Waals surface area (Å²) in [5.74, 6) is -0.234. The summed E-state index contributed by atoms with van der Waals surface area (Å²) in [6.07, 6.45) is 0.0352. The van der Waals surface area contributed by atoms with Crippen molar-refractivity contribution in [3.05, 3.63) is 60.7 Å². The van der Waals surface area contributed by atoms with E-state index in [0.29, 0.717) is 39.7 Å². The predicted octanol–water partition coefficient (Wildman–Crippen LogP) is 4.58. The number of benzene rings is 1. The Hall–Kier alpha value is -3.95. The smallest absolute Gasteiger partial charge is 0.303 e. The van der Waals surface area contributed by atoms with Crippen LogP contribution >= 0.6 is 0 Å². The summed E-state index contributed by atoms with van der Waals surface area (Å²) in [6, 6.07) is 12.0. The normalized spacial score (nSPS) is 11.6. The number of fused-ring (bicyclic) bond motifs is 2. The molecule has 0 spiro atoms. The fraction of sp³-hybridized carbons (Fsp3) is 0.143. The quantitative estimate of drug-likeness (QED) is 0.413. The molecule has 4 aromatic heterocycles. The minimum atomic E-state index is -2.65. The second kappa shape index (κ2) is 7.38. The molecule has 0 radical (unpaired) electrons. The van der Waals surface area contributed by atoms with Crippen LogP contribution in [0.2, 0.25) is 0 Å². The molecular weight excluding hydrogens is 409 g/mol. The highest BCUT2D eigenvalue weighted by Gasteiger charge is 2.21. The second-order valence-corrected chi connectivity index (χ2v) is 6.84. The summed E-state index contributed by atoms with van der Waals surface area (Å²) in [4.78, 5) is 12.8. The van der Waals surface area contributed by atoms with Crippen molar-refractivity contribution in [3.8, 4) is 23.0 Å². The lowest BCUT2D eigenvalue weighted by molar-refractivity contribution is 0.123. The van der Waals surface area contributed by atoms with E-state index in [1.165, 1.54) is 0 Å². The van der Waals surface area contributed by atoms with Gasteiger partial charge in [0.25, 0.3) is 6.43 Å². The van der Waals surface area contributed by atoms with Gasteiger partial charge in [0.05, 0.1) is 11.7 Å². The van der Waals surface area contributed by atoms with Crippen LogP contribution in [0.5, 0.6) is 11.8 Å². The topological polar surface area (TPSA) is 70.7 Å². The number of hydrogen-bond donors (Lipinski definition) is 0. The number of aryl methyl sites for hydroxylation is 1. The number of aromatic nitrogens is 6. The number of rotatable bonds is 5. The Kier molecular flexibility index (Phi) is 4.54. The molecule has 0 amide bonds. The van der Waals surface area contributed by atoms with Gasteiger partial charge in [0, 0.05) is 24.9 Å². The summed E-state index contributed by atoms with van der Waals surface area (Å²) in [7, 11) is 1.78. The minimum Gasteiger partial charge on any atom is -0.425 e. The highest BCUT2D eigenvalue weighted by molar-refractivity contribution is 5.91. The number of alkyl halides is 2. The molecule has 4 heterocycles. The number of para-hydroxylation sites is 1. The molecule has 10 heteroatoms. The number of ether oxygens (including phenoxy) is 1. The first kappa shape index (κ1) is 19.0. The third kappa shape index (κ3) is 3.35. The van der Waals surface area contributed by atoms with Gasteiger partial charge >= 0.3 is 6.01 Å². The van der Waals surface area contributed by atoms with Crippen LogP contribution in [0.3, 0.4) is 0 Å². The summed E-state index contributed by atoms with van der Waals surface area (Å²) in [5, 5.41) is 4.30. The van der Waals surface area contributed by atoms with Crippen LogP contribution in [0.15, 0.2) is 54.9 Å². The first-order valence-electron chi connectivity index (χ1n) is 9.36. The number of nitrogens with zero attached hydrogens (tertiary/aromatic N) is 6. The molecule has 0 fully saturated rings. The Morgan fingerprint density at radius 2 is 1.94 bits per heavy atom. The van der Waals surface area contributed by atoms with E-state index in [4.69, 9.17) is 4.74 Å². The van der Waals surface area contributed by atoms with E-state index < -0.39 is 18.8 Å². The summed E-state index contributed by atoms with van der Waals surface area (Å²) < 4.78 is 48.7. The fourth-order valence-corrected chi connectivity index (χ4v) is 3.42. The van der Waals surface area contributed by atoms with Crippen LogP contribution in [-0.2, 0) is 13.6 Å². The number of halogens is 3. The molecule has 0 aliphatic heterocycles. The largest absolute Gasteiger partial charge is 0.425 e. The summed E-state index contributed by atoms with van der Waals surface area (Å²) >= 11 is 0. The van der Waals surface area contributed by atoms with Crippen LogP contribution in [0.1, 0.15) is 0 Å². The van der Waals surface area contributed by atoms with Gasteiger partial charge in [-0.25, -0.2) is 23.1 Å². The highest BCUT2D eigenvalue weighted by Crippen LogP contribution is 2.36. The monoisotopic (exact) mass is 424 g/mol. The van der Waals surface area contributed by atoms with Gasteiger partial charge in [-0.15, -0.1) is 0 Å². The molecule has 5 aromatic rings. The Morgan fingerprint density at radius 1 is 1.10 bits per heavy atom. The maximum Gasteiger partial charge on any atom is 0.303 e. The van der Waals surface area contributed by atoms with E-state index in [-0.39, 0.29) is 5.52 Å². The van der Waals surface area contributed by atoms with Gasteiger partial charge in [-0.1, -0.05) is 12.1 Å². The van der Waals surface area contributed by atoms with Crippen molar-refractivity contribution in [2.75, 3.05) is 0 Å². The average Bonchev–Trinajstić information content (AvgIpc) is 3.26. The van der Waals surface area contributed by atoms with Crippen molar-refractivity contribution in [2.24, 2.45) is 7.05 Å². The molecule has 0 atom stereocenters. The zero-order valence-corrected chi connectivity index (χ0v) is 16.2.